The second kappa shape index (κ2) is 9.70. The lowest BCUT2D eigenvalue weighted by molar-refractivity contribution is -0.140. The van der Waals surface area contributed by atoms with Gasteiger partial charge in [-0.15, -0.1) is 0 Å². The number of amides is 1. The lowest BCUT2D eigenvalue weighted by Crippen LogP contribution is -2.29. The molecule has 38 heavy (non-hydrogen) atoms. The van der Waals surface area contributed by atoms with Gasteiger partial charge in [-0.05, 0) is 46.2 Å². The summed E-state index contributed by atoms with van der Waals surface area (Å²) in [4.78, 5) is 27.9. The van der Waals surface area contributed by atoms with E-state index in [9.17, 15) is 27.9 Å². The van der Waals surface area contributed by atoms with Crippen molar-refractivity contribution in [1.82, 2.24) is 4.90 Å². The van der Waals surface area contributed by atoms with Crippen LogP contribution in [-0.2, 0) is 22.3 Å². The first-order valence-electron chi connectivity index (χ1n) is 11.8. The molecule has 0 aliphatic carbocycles. The Balaban J connectivity index is 1.69. The molecule has 4 aromatic rings. The number of methoxy groups -OCH3 is 1. The summed E-state index contributed by atoms with van der Waals surface area (Å²) in [6, 6.07) is 22.8. The van der Waals surface area contributed by atoms with E-state index >= 15 is 0 Å². The Morgan fingerprint density at radius 2 is 1.63 bits per heavy atom. The minimum Gasteiger partial charge on any atom is -0.507 e. The average molecular weight is 518 g/mol. The maximum absolute atomic E-state index is 13.4. The van der Waals surface area contributed by atoms with E-state index in [1.807, 2.05) is 18.2 Å². The molecule has 1 N–H and O–H groups in total. The van der Waals surface area contributed by atoms with Crippen molar-refractivity contribution in [2.45, 2.75) is 18.8 Å². The molecule has 5 rings (SSSR count). The third kappa shape index (κ3) is 4.49. The minimum atomic E-state index is -4.56. The van der Waals surface area contributed by atoms with E-state index in [1.165, 1.54) is 24.1 Å². The van der Waals surface area contributed by atoms with Crippen LogP contribution in [0.1, 0.15) is 28.3 Å². The van der Waals surface area contributed by atoms with Crippen molar-refractivity contribution >= 4 is 28.2 Å². The van der Waals surface area contributed by atoms with Crippen molar-refractivity contribution in [2.75, 3.05) is 7.11 Å². The molecule has 1 saturated heterocycles. The lowest BCUT2D eigenvalue weighted by Gasteiger charge is -2.26. The van der Waals surface area contributed by atoms with Crippen LogP contribution in [0.3, 0.4) is 0 Å². The first-order chi connectivity index (χ1) is 18.2. The standard InChI is InChI=1S/C30H22F3NO4/c1-38-22-12-5-10-20(16-22)26-25(27(35)24-14-6-9-19-8-2-3-13-23(19)24)28(36)29(37)34(26)17-18-7-4-11-21(15-18)30(31,32)33/h2-16,26,35H,17H2,1H3/b27-25-. The first kappa shape index (κ1) is 25.1. The number of aliphatic hydroxyl groups excluding tert-OH is 1. The second-order valence-electron chi connectivity index (χ2n) is 8.93. The van der Waals surface area contributed by atoms with Crippen LogP contribution in [-0.4, -0.2) is 28.8 Å². The summed E-state index contributed by atoms with van der Waals surface area (Å²) in [5.74, 6) is -1.75. The number of aliphatic hydroxyl groups is 1. The van der Waals surface area contributed by atoms with Gasteiger partial charge in [0.25, 0.3) is 11.7 Å². The predicted molar refractivity (Wildman–Crippen MR) is 136 cm³/mol. The van der Waals surface area contributed by atoms with Gasteiger partial charge < -0.3 is 14.7 Å². The monoisotopic (exact) mass is 517 g/mol. The predicted octanol–water partition coefficient (Wildman–Crippen LogP) is 6.49. The average Bonchev–Trinajstić information content (AvgIpc) is 3.17. The van der Waals surface area contributed by atoms with Gasteiger partial charge in [0.2, 0.25) is 0 Å². The molecule has 0 saturated carbocycles. The van der Waals surface area contributed by atoms with Gasteiger partial charge in [0.05, 0.1) is 24.3 Å². The van der Waals surface area contributed by atoms with Crippen LogP contribution >= 0.6 is 0 Å². The maximum Gasteiger partial charge on any atom is 0.416 e. The number of fused-ring (bicyclic) bond motifs is 1. The Kier molecular flexibility index (Phi) is 6.40. The van der Waals surface area contributed by atoms with Gasteiger partial charge in [0.15, 0.2) is 0 Å². The highest BCUT2D eigenvalue weighted by molar-refractivity contribution is 6.46. The van der Waals surface area contributed by atoms with E-state index in [1.54, 1.807) is 48.5 Å². The van der Waals surface area contributed by atoms with Crippen LogP contribution in [0.15, 0.2) is 96.6 Å². The fourth-order valence-electron chi connectivity index (χ4n) is 4.82. The van der Waals surface area contributed by atoms with Crippen LogP contribution < -0.4 is 4.74 Å². The highest BCUT2D eigenvalue weighted by atomic mass is 19.4. The number of Topliss-reactive ketones (excluding diaryl/α,β-unsaturated/α-hetero) is 1. The first-order valence-corrected chi connectivity index (χ1v) is 11.8. The van der Waals surface area contributed by atoms with Crippen molar-refractivity contribution < 1.29 is 32.6 Å². The quantitative estimate of drug-likeness (QED) is 0.187. The molecule has 1 amide bonds. The fourth-order valence-corrected chi connectivity index (χ4v) is 4.82. The molecule has 0 bridgehead atoms. The van der Waals surface area contributed by atoms with Crippen LogP contribution in [0.25, 0.3) is 16.5 Å². The van der Waals surface area contributed by atoms with Gasteiger partial charge in [-0.2, -0.15) is 13.2 Å². The van der Waals surface area contributed by atoms with E-state index in [0.717, 1.165) is 17.5 Å². The SMILES string of the molecule is COc1cccc(C2/C(=C(/O)c3cccc4ccccc34)C(=O)C(=O)N2Cc2cccc(C(F)(F)F)c2)c1. The van der Waals surface area contributed by atoms with Gasteiger partial charge in [-0.1, -0.05) is 66.7 Å². The summed E-state index contributed by atoms with van der Waals surface area (Å²) in [7, 11) is 1.47. The molecule has 1 aliphatic heterocycles. The van der Waals surface area contributed by atoms with Gasteiger partial charge in [-0.25, -0.2) is 0 Å². The molecule has 1 fully saturated rings. The number of ether oxygens (including phenoxy) is 1. The van der Waals surface area contributed by atoms with E-state index in [0.29, 0.717) is 22.3 Å². The Hall–Kier alpha value is -4.59. The molecule has 1 atom stereocenters. The number of carbonyl (C=O) groups excluding carboxylic acids is 2. The van der Waals surface area contributed by atoms with E-state index < -0.39 is 29.5 Å². The minimum absolute atomic E-state index is 0.147. The summed E-state index contributed by atoms with van der Waals surface area (Å²) >= 11 is 0. The largest absolute Gasteiger partial charge is 0.507 e. The number of nitrogens with zero attached hydrogens (tertiary/aromatic N) is 1. The van der Waals surface area contributed by atoms with Crippen molar-refractivity contribution in [3.8, 4) is 5.75 Å². The van der Waals surface area contributed by atoms with Gasteiger partial charge >= 0.3 is 6.18 Å². The number of halogens is 3. The Morgan fingerprint density at radius 3 is 2.39 bits per heavy atom. The highest BCUT2D eigenvalue weighted by Crippen LogP contribution is 2.42. The number of ketones is 1. The molecule has 0 radical (unpaired) electrons. The number of benzene rings is 4. The molecular weight excluding hydrogens is 495 g/mol. The van der Waals surface area contributed by atoms with Crippen LogP contribution in [0.5, 0.6) is 5.75 Å². The van der Waals surface area contributed by atoms with Gasteiger partial charge in [0.1, 0.15) is 11.5 Å². The summed E-state index contributed by atoms with van der Waals surface area (Å²) in [5.41, 5.74) is 0.0250. The van der Waals surface area contributed by atoms with Crippen molar-refractivity contribution in [2.24, 2.45) is 0 Å². The molecular formula is C30H22F3NO4. The number of carbonyl (C=O) groups is 2. The number of hydrogen-bond acceptors (Lipinski definition) is 4. The van der Waals surface area contributed by atoms with E-state index in [2.05, 4.69) is 0 Å². The van der Waals surface area contributed by atoms with Crippen molar-refractivity contribution in [3.63, 3.8) is 0 Å². The summed E-state index contributed by atoms with van der Waals surface area (Å²) in [5, 5.41) is 13.0. The molecule has 0 spiro atoms. The zero-order chi connectivity index (χ0) is 27.0. The summed E-state index contributed by atoms with van der Waals surface area (Å²) in [6.45, 7) is -0.275. The van der Waals surface area contributed by atoms with Crippen LogP contribution in [0.4, 0.5) is 13.2 Å². The molecule has 8 heteroatoms. The number of likely N-dealkylation sites (tertiary alicyclic amines) is 1. The van der Waals surface area contributed by atoms with Crippen LogP contribution in [0.2, 0.25) is 0 Å². The number of alkyl halides is 3. The smallest absolute Gasteiger partial charge is 0.416 e. The fraction of sp³-hybridized carbons (Fsp3) is 0.133. The normalized spacial score (nSPS) is 17.3. The molecule has 1 unspecified atom stereocenters. The number of rotatable bonds is 5. The maximum atomic E-state index is 13.4. The Bertz CT molecular complexity index is 1590. The number of hydrogen-bond donors (Lipinski definition) is 1. The summed E-state index contributed by atoms with van der Waals surface area (Å²) in [6.07, 6.45) is -4.56. The van der Waals surface area contributed by atoms with Crippen molar-refractivity contribution in [1.29, 1.82) is 0 Å². The molecule has 5 nitrogen and oxygen atoms in total. The lowest BCUT2D eigenvalue weighted by atomic mass is 9.93. The van der Waals surface area contributed by atoms with Gasteiger partial charge in [-0.3, -0.25) is 9.59 Å². The topological polar surface area (TPSA) is 66.8 Å². The molecule has 1 aliphatic rings. The third-order valence-corrected chi connectivity index (χ3v) is 6.60. The zero-order valence-corrected chi connectivity index (χ0v) is 20.2. The molecule has 1 heterocycles. The Labute approximate surface area is 216 Å². The molecule has 192 valence electrons. The second-order valence-corrected chi connectivity index (χ2v) is 8.93. The van der Waals surface area contributed by atoms with Gasteiger partial charge in [0, 0.05) is 12.1 Å². The van der Waals surface area contributed by atoms with E-state index in [-0.39, 0.29) is 23.4 Å². The van der Waals surface area contributed by atoms with Crippen LogP contribution in [0, 0.1) is 0 Å². The third-order valence-electron chi connectivity index (χ3n) is 6.60. The summed E-state index contributed by atoms with van der Waals surface area (Å²) < 4.78 is 45.3. The zero-order valence-electron chi connectivity index (χ0n) is 20.2. The van der Waals surface area contributed by atoms with Crippen molar-refractivity contribution in [3.05, 3.63) is 119 Å². The van der Waals surface area contributed by atoms with E-state index in [4.69, 9.17) is 4.74 Å². The molecule has 0 aromatic heterocycles. The molecule has 4 aromatic carbocycles. The highest BCUT2D eigenvalue weighted by Gasteiger charge is 2.46. The Morgan fingerprint density at radius 1 is 0.921 bits per heavy atom.